The molecule has 1 aliphatic rings. The molecule has 1 unspecified atom stereocenters. The number of allylic oxidation sites excluding steroid dienone is 3. The number of carbonyl (C=O) groups is 1. The van der Waals surface area contributed by atoms with E-state index in [1.54, 1.807) is 0 Å². The predicted molar refractivity (Wildman–Crippen MR) is 52.6 cm³/mol. The fourth-order valence-electron chi connectivity index (χ4n) is 1.26. The first kappa shape index (κ1) is 10.2. The van der Waals surface area contributed by atoms with Crippen molar-refractivity contribution in [1.82, 2.24) is 0 Å². The molecule has 0 N–H and O–H groups in total. The van der Waals surface area contributed by atoms with E-state index in [9.17, 15) is 4.79 Å². The highest BCUT2D eigenvalue weighted by atomic mass is 16.5. The van der Waals surface area contributed by atoms with Crippen molar-refractivity contribution in [2.75, 3.05) is 6.61 Å². The lowest BCUT2D eigenvalue weighted by atomic mass is 10.2. The average Bonchev–Trinajstić information content (AvgIpc) is 2.41. The summed E-state index contributed by atoms with van der Waals surface area (Å²) in [6, 6.07) is 0. The quantitative estimate of drug-likeness (QED) is 0.479. The highest BCUT2D eigenvalue weighted by molar-refractivity contribution is 5.48. The Morgan fingerprint density at radius 3 is 3.23 bits per heavy atom. The van der Waals surface area contributed by atoms with E-state index >= 15 is 0 Å². The van der Waals surface area contributed by atoms with Gasteiger partial charge < -0.3 is 9.53 Å². The summed E-state index contributed by atoms with van der Waals surface area (Å²) in [5, 5.41) is 0. The van der Waals surface area contributed by atoms with Crippen LogP contribution < -0.4 is 0 Å². The van der Waals surface area contributed by atoms with E-state index in [-0.39, 0.29) is 6.10 Å². The number of hydrogen-bond acceptors (Lipinski definition) is 2. The van der Waals surface area contributed by atoms with Crippen LogP contribution in [0.1, 0.15) is 25.7 Å². The Labute approximate surface area is 79.3 Å². The fraction of sp³-hybridized carbons (Fsp3) is 0.545. The molecular formula is C11H16O2. The molecule has 0 saturated heterocycles. The minimum absolute atomic E-state index is 0.238. The zero-order valence-electron chi connectivity index (χ0n) is 7.82. The molecule has 0 aromatic carbocycles. The Kier molecular flexibility index (Phi) is 5.18. The molecule has 0 bridgehead atoms. The summed E-state index contributed by atoms with van der Waals surface area (Å²) in [6.07, 6.45) is 13.0. The van der Waals surface area contributed by atoms with Crippen molar-refractivity contribution in [3.05, 3.63) is 24.3 Å². The standard InChI is InChI=1S/C11H16O2/c12-9-5-6-10-13-11-7-3-1-2-4-8-11/h1-3,7,9,11H,4-6,8,10H2. The van der Waals surface area contributed by atoms with Gasteiger partial charge in [-0.2, -0.15) is 0 Å². The second kappa shape index (κ2) is 6.61. The Hall–Kier alpha value is -0.890. The van der Waals surface area contributed by atoms with Crippen LogP contribution in [0.5, 0.6) is 0 Å². The molecule has 1 aliphatic carbocycles. The van der Waals surface area contributed by atoms with Gasteiger partial charge >= 0.3 is 0 Å². The number of rotatable bonds is 5. The van der Waals surface area contributed by atoms with E-state index in [1.807, 2.05) is 6.08 Å². The van der Waals surface area contributed by atoms with Crippen molar-refractivity contribution in [3.63, 3.8) is 0 Å². The molecule has 0 heterocycles. The largest absolute Gasteiger partial charge is 0.374 e. The monoisotopic (exact) mass is 180 g/mol. The SMILES string of the molecule is O=CCCCOC1C=CC=CCC1. The van der Waals surface area contributed by atoms with Gasteiger partial charge in [-0.3, -0.25) is 0 Å². The average molecular weight is 180 g/mol. The van der Waals surface area contributed by atoms with Crippen LogP contribution in [0, 0.1) is 0 Å². The second-order valence-corrected chi connectivity index (χ2v) is 3.11. The summed E-state index contributed by atoms with van der Waals surface area (Å²) in [4.78, 5) is 10.0. The zero-order valence-corrected chi connectivity index (χ0v) is 7.82. The first-order chi connectivity index (χ1) is 6.43. The Balaban J connectivity index is 2.10. The molecule has 1 atom stereocenters. The highest BCUT2D eigenvalue weighted by Gasteiger charge is 2.04. The number of aldehydes is 1. The minimum Gasteiger partial charge on any atom is -0.374 e. The van der Waals surface area contributed by atoms with Crippen molar-refractivity contribution in [3.8, 4) is 0 Å². The van der Waals surface area contributed by atoms with Crippen molar-refractivity contribution in [1.29, 1.82) is 0 Å². The van der Waals surface area contributed by atoms with Crippen molar-refractivity contribution in [2.45, 2.75) is 31.8 Å². The van der Waals surface area contributed by atoms with Crippen LogP contribution in [0.25, 0.3) is 0 Å². The van der Waals surface area contributed by atoms with Crippen LogP contribution in [0.2, 0.25) is 0 Å². The molecule has 72 valence electrons. The van der Waals surface area contributed by atoms with E-state index in [2.05, 4.69) is 18.2 Å². The van der Waals surface area contributed by atoms with E-state index < -0.39 is 0 Å². The van der Waals surface area contributed by atoms with Crippen LogP contribution in [0.15, 0.2) is 24.3 Å². The highest BCUT2D eigenvalue weighted by Crippen LogP contribution is 2.09. The third-order valence-corrected chi connectivity index (χ3v) is 1.99. The van der Waals surface area contributed by atoms with Crippen LogP contribution in [0.3, 0.4) is 0 Å². The van der Waals surface area contributed by atoms with Crippen molar-refractivity contribution >= 4 is 6.29 Å². The normalized spacial score (nSPS) is 21.4. The van der Waals surface area contributed by atoms with Crippen molar-refractivity contribution < 1.29 is 9.53 Å². The molecular weight excluding hydrogens is 164 g/mol. The summed E-state index contributed by atoms with van der Waals surface area (Å²) >= 11 is 0. The van der Waals surface area contributed by atoms with Crippen LogP contribution in [-0.4, -0.2) is 19.0 Å². The van der Waals surface area contributed by atoms with Crippen molar-refractivity contribution in [2.24, 2.45) is 0 Å². The summed E-state index contributed by atoms with van der Waals surface area (Å²) in [5.41, 5.74) is 0. The third kappa shape index (κ3) is 4.63. The first-order valence-electron chi connectivity index (χ1n) is 4.82. The molecule has 2 heteroatoms. The van der Waals surface area contributed by atoms with Gasteiger partial charge in [0.2, 0.25) is 0 Å². The number of unbranched alkanes of at least 4 members (excludes halogenated alkanes) is 1. The van der Waals surface area contributed by atoms with Gasteiger partial charge in [-0.05, 0) is 19.3 Å². The lowest BCUT2D eigenvalue weighted by molar-refractivity contribution is -0.108. The predicted octanol–water partition coefficient (Wildman–Crippen LogP) is 2.26. The molecule has 0 radical (unpaired) electrons. The van der Waals surface area contributed by atoms with E-state index in [4.69, 9.17) is 4.74 Å². The topological polar surface area (TPSA) is 26.3 Å². The van der Waals surface area contributed by atoms with E-state index in [0.717, 1.165) is 25.5 Å². The molecule has 0 aromatic rings. The Morgan fingerprint density at radius 2 is 2.38 bits per heavy atom. The molecule has 2 nitrogen and oxygen atoms in total. The fourth-order valence-corrected chi connectivity index (χ4v) is 1.26. The molecule has 0 aliphatic heterocycles. The lowest BCUT2D eigenvalue weighted by Crippen LogP contribution is -2.10. The Morgan fingerprint density at radius 1 is 1.46 bits per heavy atom. The van der Waals surface area contributed by atoms with Gasteiger partial charge in [-0.1, -0.05) is 24.3 Å². The smallest absolute Gasteiger partial charge is 0.120 e. The first-order valence-corrected chi connectivity index (χ1v) is 4.82. The van der Waals surface area contributed by atoms with Crippen LogP contribution >= 0.6 is 0 Å². The maximum Gasteiger partial charge on any atom is 0.120 e. The summed E-state index contributed by atoms with van der Waals surface area (Å²) < 4.78 is 5.58. The molecule has 0 spiro atoms. The molecule has 0 amide bonds. The third-order valence-electron chi connectivity index (χ3n) is 1.99. The summed E-state index contributed by atoms with van der Waals surface area (Å²) in [7, 11) is 0. The van der Waals surface area contributed by atoms with Gasteiger partial charge in [-0.15, -0.1) is 0 Å². The van der Waals surface area contributed by atoms with E-state index in [1.165, 1.54) is 0 Å². The minimum atomic E-state index is 0.238. The summed E-state index contributed by atoms with van der Waals surface area (Å²) in [5.74, 6) is 0. The number of carbonyl (C=O) groups excluding carboxylic acids is 1. The molecule has 0 fully saturated rings. The van der Waals surface area contributed by atoms with Gasteiger partial charge in [0.1, 0.15) is 6.29 Å². The van der Waals surface area contributed by atoms with Gasteiger partial charge in [-0.25, -0.2) is 0 Å². The lowest BCUT2D eigenvalue weighted by Gasteiger charge is -2.11. The molecule has 13 heavy (non-hydrogen) atoms. The molecule has 1 rings (SSSR count). The van der Waals surface area contributed by atoms with E-state index in [0.29, 0.717) is 13.0 Å². The molecule has 0 saturated carbocycles. The van der Waals surface area contributed by atoms with Crippen LogP contribution in [-0.2, 0) is 9.53 Å². The van der Waals surface area contributed by atoms with Gasteiger partial charge in [0, 0.05) is 13.0 Å². The maximum atomic E-state index is 10.0. The summed E-state index contributed by atoms with van der Waals surface area (Å²) in [6.45, 7) is 0.688. The second-order valence-electron chi connectivity index (χ2n) is 3.11. The van der Waals surface area contributed by atoms with Gasteiger partial charge in [0.15, 0.2) is 0 Å². The number of ether oxygens (including phenoxy) is 1. The van der Waals surface area contributed by atoms with Gasteiger partial charge in [0.05, 0.1) is 6.10 Å². The zero-order chi connectivity index (χ0) is 9.36. The van der Waals surface area contributed by atoms with Crippen LogP contribution in [0.4, 0.5) is 0 Å². The molecule has 0 aromatic heterocycles. The maximum absolute atomic E-state index is 10.0. The number of hydrogen-bond donors (Lipinski definition) is 0. The Bertz CT molecular complexity index is 194. The van der Waals surface area contributed by atoms with Gasteiger partial charge in [0.25, 0.3) is 0 Å².